The zero-order chi connectivity index (χ0) is 17.1. The highest BCUT2D eigenvalue weighted by Gasteiger charge is 2.19. The average Bonchev–Trinajstić information content (AvgIpc) is 2.54. The van der Waals surface area contributed by atoms with Gasteiger partial charge in [0.1, 0.15) is 5.82 Å². The third-order valence-corrected chi connectivity index (χ3v) is 4.65. The molecule has 1 aliphatic rings. The van der Waals surface area contributed by atoms with Gasteiger partial charge in [-0.2, -0.15) is 4.98 Å². The Balaban J connectivity index is 1.87. The number of anilines is 3. The van der Waals surface area contributed by atoms with Crippen LogP contribution in [0.5, 0.6) is 0 Å². The van der Waals surface area contributed by atoms with E-state index in [4.69, 9.17) is 4.98 Å². The van der Waals surface area contributed by atoms with Gasteiger partial charge in [-0.3, -0.25) is 0 Å². The standard InChI is InChI=1S/C20H28N4/c1-14(2)17-9-5-6-10-18(17)22-20-21-16(4)12-19(23-20)24-11-7-8-15(3)13-24/h5-6,9-10,12,14-15H,7-8,11,13H2,1-4H3,(H,21,22,23). The van der Waals surface area contributed by atoms with Crippen molar-refractivity contribution in [1.82, 2.24) is 9.97 Å². The molecule has 1 atom stereocenters. The Labute approximate surface area is 145 Å². The second-order valence-corrected chi connectivity index (χ2v) is 7.25. The topological polar surface area (TPSA) is 41.1 Å². The summed E-state index contributed by atoms with van der Waals surface area (Å²) in [5, 5.41) is 3.44. The highest BCUT2D eigenvalue weighted by molar-refractivity contribution is 5.60. The van der Waals surface area contributed by atoms with Gasteiger partial charge in [-0.05, 0) is 43.2 Å². The number of rotatable bonds is 4. The first-order chi connectivity index (χ1) is 11.5. The minimum atomic E-state index is 0.459. The fraction of sp³-hybridized carbons (Fsp3) is 0.500. The van der Waals surface area contributed by atoms with Gasteiger partial charge < -0.3 is 10.2 Å². The predicted octanol–water partition coefficient (Wildman–Crippen LogP) is 4.89. The van der Waals surface area contributed by atoms with Crippen LogP contribution in [0.1, 0.15) is 50.8 Å². The van der Waals surface area contributed by atoms with Gasteiger partial charge in [-0.15, -0.1) is 0 Å². The van der Waals surface area contributed by atoms with E-state index in [9.17, 15) is 0 Å². The fourth-order valence-electron chi connectivity index (χ4n) is 3.40. The van der Waals surface area contributed by atoms with Gasteiger partial charge in [0.25, 0.3) is 0 Å². The fourth-order valence-corrected chi connectivity index (χ4v) is 3.40. The van der Waals surface area contributed by atoms with Crippen LogP contribution in [0.2, 0.25) is 0 Å². The summed E-state index contributed by atoms with van der Waals surface area (Å²) in [5.74, 6) is 2.92. The highest BCUT2D eigenvalue weighted by atomic mass is 15.2. The predicted molar refractivity (Wildman–Crippen MR) is 101 cm³/mol. The minimum Gasteiger partial charge on any atom is -0.356 e. The highest BCUT2D eigenvalue weighted by Crippen LogP contribution is 2.27. The zero-order valence-electron chi connectivity index (χ0n) is 15.2. The summed E-state index contributed by atoms with van der Waals surface area (Å²) in [4.78, 5) is 11.8. The molecule has 0 radical (unpaired) electrons. The van der Waals surface area contributed by atoms with Crippen LogP contribution in [0.4, 0.5) is 17.5 Å². The van der Waals surface area contributed by atoms with Gasteiger partial charge in [0.15, 0.2) is 0 Å². The van der Waals surface area contributed by atoms with Gasteiger partial charge in [0.05, 0.1) is 0 Å². The lowest BCUT2D eigenvalue weighted by molar-refractivity contribution is 0.444. The molecule has 0 amide bonds. The van der Waals surface area contributed by atoms with Gasteiger partial charge in [0.2, 0.25) is 5.95 Å². The van der Waals surface area contributed by atoms with E-state index in [2.05, 4.69) is 66.3 Å². The summed E-state index contributed by atoms with van der Waals surface area (Å²) < 4.78 is 0. The van der Waals surface area contributed by atoms with Crippen molar-refractivity contribution in [1.29, 1.82) is 0 Å². The van der Waals surface area contributed by atoms with Crippen LogP contribution in [0, 0.1) is 12.8 Å². The molecule has 2 heterocycles. The van der Waals surface area contributed by atoms with Gasteiger partial charge in [0, 0.05) is 30.5 Å². The smallest absolute Gasteiger partial charge is 0.229 e. The molecule has 4 heteroatoms. The normalized spacial score (nSPS) is 18.0. The molecule has 0 bridgehead atoms. The molecule has 1 fully saturated rings. The number of para-hydroxylation sites is 1. The molecule has 0 aliphatic carbocycles. The molecule has 24 heavy (non-hydrogen) atoms. The Morgan fingerprint density at radius 2 is 2.00 bits per heavy atom. The van der Waals surface area contributed by atoms with E-state index in [1.165, 1.54) is 18.4 Å². The molecule has 1 aromatic carbocycles. The number of nitrogens with zero attached hydrogens (tertiary/aromatic N) is 3. The van der Waals surface area contributed by atoms with Crippen LogP contribution in [-0.2, 0) is 0 Å². The third kappa shape index (κ3) is 3.86. The Morgan fingerprint density at radius 1 is 1.21 bits per heavy atom. The van der Waals surface area contributed by atoms with Gasteiger partial charge >= 0.3 is 0 Å². The van der Waals surface area contributed by atoms with Crippen LogP contribution in [0.15, 0.2) is 30.3 Å². The molecule has 4 nitrogen and oxygen atoms in total. The van der Waals surface area contributed by atoms with Crippen molar-refractivity contribution >= 4 is 17.5 Å². The van der Waals surface area contributed by atoms with E-state index in [0.29, 0.717) is 11.9 Å². The number of piperidine rings is 1. The monoisotopic (exact) mass is 324 g/mol. The third-order valence-electron chi connectivity index (χ3n) is 4.65. The summed E-state index contributed by atoms with van der Waals surface area (Å²) in [7, 11) is 0. The lowest BCUT2D eigenvalue weighted by Gasteiger charge is -2.32. The summed E-state index contributed by atoms with van der Waals surface area (Å²) in [5.41, 5.74) is 3.38. The quantitative estimate of drug-likeness (QED) is 0.869. The first kappa shape index (κ1) is 16.7. The molecule has 0 saturated carbocycles. The SMILES string of the molecule is Cc1cc(N2CCCC(C)C2)nc(Nc2ccccc2C(C)C)n1. The summed E-state index contributed by atoms with van der Waals surface area (Å²) in [6, 6.07) is 10.5. The van der Waals surface area contributed by atoms with Crippen molar-refractivity contribution in [3.05, 3.63) is 41.6 Å². The molecule has 2 aromatic rings. The maximum atomic E-state index is 4.79. The molecular formula is C20H28N4. The van der Waals surface area contributed by atoms with E-state index >= 15 is 0 Å². The van der Waals surface area contributed by atoms with E-state index < -0.39 is 0 Å². The summed E-state index contributed by atoms with van der Waals surface area (Å²) >= 11 is 0. The van der Waals surface area contributed by atoms with Crippen molar-refractivity contribution in [2.45, 2.75) is 46.5 Å². The summed E-state index contributed by atoms with van der Waals surface area (Å²) in [6.45, 7) is 10.9. The molecule has 1 unspecified atom stereocenters. The number of benzene rings is 1. The van der Waals surface area contributed by atoms with Crippen LogP contribution < -0.4 is 10.2 Å². The van der Waals surface area contributed by atoms with Crippen LogP contribution in [0.25, 0.3) is 0 Å². The molecule has 3 rings (SSSR count). The largest absolute Gasteiger partial charge is 0.356 e. The van der Waals surface area contributed by atoms with Gasteiger partial charge in [-0.1, -0.05) is 39.0 Å². The van der Waals surface area contributed by atoms with E-state index in [0.717, 1.165) is 36.2 Å². The van der Waals surface area contributed by atoms with Crippen molar-refractivity contribution in [2.75, 3.05) is 23.3 Å². The second kappa shape index (κ2) is 7.20. The Bertz CT molecular complexity index is 696. The van der Waals surface area contributed by atoms with Crippen molar-refractivity contribution in [2.24, 2.45) is 5.92 Å². The van der Waals surface area contributed by atoms with Crippen molar-refractivity contribution in [3.63, 3.8) is 0 Å². The number of aromatic nitrogens is 2. The molecular weight excluding hydrogens is 296 g/mol. The number of hydrogen-bond donors (Lipinski definition) is 1. The molecule has 128 valence electrons. The van der Waals surface area contributed by atoms with Crippen LogP contribution >= 0.6 is 0 Å². The first-order valence-electron chi connectivity index (χ1n) is 8.99. The van der Waals surface area contributed by atoms with E-state index in [1.807, 2.05) is 6.92 Å². The van der Waals surface area contributed by atoms with E-state index in [-0.39, 0.29) is 0 Å². The van der Waals surface area contributed by atoms with Crippen molar-refractivity contribution < 1.29 is 0 Å². The van der Waals surface area contributed by atoms with Gasteiger partial charge in [-0.25, -0.2) is 4.98 Å². The van der Waals surface area contributed by atoms with Crippen LogP contribution in [-0.4, -0.2) is 23.1 Å². The lowest BCUT2D eigenvalue weighted by Crippen LogP contribution is -2.35. The molecule has 1 aliphatic heterocycles. The molecule has 1 saturated heterocycles. The molecule has 1 aromatic heterocycles. The lowest BCUT2D eigenvalue weighted by atomic mass is 10.0. The van der Waals surface area contributed by atoms with Crippen LogP contribution in [0.3, 0.4) is 0 Å². The Morgan fingerprint density at radius 3 is 2.75 bits per heavy atom. The second-order valence-electron chi connectivity index (χ2n) is 7.25. The molecule has 0 spiro atoms. The maximum Gasteiger partial charge on any atom is 0.229 e. The van der Waals surface area contributed by atoms with Crippen molar-refractivity contribution in [3.8, 4) is 0 Å². The zero-order valence-corrected chi connectivity index (χ0v) is 15.2. The summed E-state index contributed by atoms with van der Waals surface area (Å²) in [6.07, 6.45) is 2.55. The first-order valence-corrected chi connectivity index (χ1v) is 8.99. The molecule has 1 N–H and O–H groups in total. The number of nitrogens with one attached hydrogen (secondary N) is 1. The Hall–Kier alpha value is -2.10. The average molecular weight is 324 g/mol. The maximum absolute atomic E-state index is 4.79. The number of hydrogen-bond acceptors (Lipinski definition) is 4. The number of aryl methyl sites for hydroxylation is 1. The Kier molecular flexibility index (Phi) is 5.03. The van der Waals surface area contributed by atoms with E-state index in [1.54, 1.807) is 0 Å². The minimum absolute atomic E-state index is 0.459.